The molecule has 0 saturated carbocycles. The van der Waals surface area contributed by atoms with Gasteiger partial charge in [-0.2, -0.15) is 0 Å². The summed E-state index contributed by atoms with van der Waals surface area (Å²) in [5.41, 5.74) is 2.96. The van der Waals surface area contributed by atoms with Gasteiger partial charge in [-0.15, -0.1) is 0 Å². The summed E-state index contributed by atoms with van der Waals surface area (Å²) in [5.74, 6) is 1.66. The quantitative estimate of drug-likeness (QED) is 0.941. The highest BCUT2D eigenvalue weighted by Crippen LogP contribution is 2.27. The standard InChI is InChI=1S/C17H21N3O3/c1-11-15(12(2)23-19-11)10-20(3)17(21)18-9-14-8-13-6-4-5-7-16(13)22-14/h4-7,14H,8-10H2,1-3H3,(H,18,21)/t14-/m1/s1. The van der Waals surface area contributed by atoms with E-state index < -0.39 is 0 Å². The predicted octanol–water partition coefficient (Wildman–Crippen LogP) is 2.44. The third kappa shape index (κ3) is 3.31. The smallest absolute Gasteiger partial charge is 0.317 e. The van der Waals surface area contributed by atoms with E-state index in [1.807, 2.05) is 32.0 Å². The van der Waals surface area contributed by atoms with Gasteiger partial charge in [-0.25, -0.2) is 4.79 Å². The van der Waals surface area contributed by atoms with E-state index in [1.165, 1.54) is 5.56 Å². The van der Waals surface area contributed by atoms with Crippen LogP contribution < -0.4 is 10.1 Å². The fraction of sp³-hybridized carbons (Fsp3) is 0.412. The highest BCUT2D eigenvalue weighted by atomic mass is 16.5. The van der Waals surface area contributed by atoms with Crippen LogP contribution in [-0.2, 0) is 13.0 Å². The van der Waals surface area contributed by atoms with Crippen LogP contribution in [0.25, 0.3) is 0 Å². The molecule has 0 fully saturated rings. The van der Waals surface area contributed by atoms with Crippen LogP contribution in [0.15, 0.2) is 28.8 Å². The first-order chi connectivity index (χ1) is 11.0. The lowest BCUT2D eigenvalue weighted by Crippen LogP contribution is -2.41. The third-order valence-corrected chi connectivity index (χ3v) is 4.12. The number of ether oxygens (including phenoxy) is 1. The molecule has 2 amide bonds. The van der Waals surface area contributed by atoms with Crippen LogP contribution in [0.5, 0.6) is 5.75 Å². The maximum absolute atomic E-state index is 12.2. The van der Waals surface area contributed by atoms with E-state index in [0.29, 0.717) is 13.1 Å². The van der Waals surface area contributed by atoms with E-state index in [-0.39, 0.29) is 12.1 Å². The second-order valence-electron chi connectivity index (χ2n) is 5.90. The molecule has 1 aliphatic heterocycles. The molecule has 23 heavy (non-hydrogen) atoms. The number of fused-ring (bicyclic) bond motifs is 1. The lowest BCUT2D eigenvalue weighted by molar-refractivity contribution is 0.191. The van der Waals surface area contributed by atoms with Gasteiger partial charge in [-0.1, -0.05) is 23.4 Å². The number of urea groups is 1. The largest absolute Gasteiger partial charge is 0.488 e. The van der Waals surface area contributed by atoms with Crippen molar-refractivity contribution < 1.29 is 14.1 Å². The SMILES string of the molecule is Cc1noc(C)c1CN(C)C(=O)NC[C@H]1Cc2ccccc2O1. The number of para-hydroxylation sites is 1. The van der Waals surface area contributed by atoms with Gasteiger partial charge in [0.25, 0.3) is 0 Å². The van der Waals surface area contributed by atoms with Crippen molar-refractivity contribution >= 4 is 6.03 Å². The maximum Gasteiger partial charge on any atom is 0.317 e. The van der Waals surface area contributed by atoms with Gasteiger partial charge in [0.1, 0.15) is 17.6 Å². The van der Waals surface area contributed by atoms with E-state index >= 15 is 0 Å². The van der Waals surface area contributed by atoms with Gasteiger partial charge >= 0.3 is 6.03 Å². The monoisotopic (exact) mass is 315 g/mol. The Balaban J connectivity index is 1.50. The minimum atomic E-state index is -0.135. The number of benzene rings is 1. The Morgan fingerprint density at radius 2 is 2.17 bits per heavy atom. The molecule has 3 rings (SSSR count). The first kappa shape index (κ1) is 15.4. The summed E-state index contributed by atoms with van der Waals surface area (Å²) in [4.78, 5) is 13.8. The number of carbonyl (C=O) groups is 1. The summed E-state index contributed by atoms with van der Waals surface area (Å²) >= 11 is 0. The van der Waals surface area contributed by atoms with Crippen LogP contribution >= 0.6 is 0 Å². The van der Waals surface area contributed by atoms with Crippen molar-refractivity contribution in [3.05, 3.63) is 46.8 Å². The summed E-state index contributed by atoms with van der Waals surface area (Å²) in [5, 5.41) is 6.83. The van der Waals surface area contributed by atoms with E-state index in [9.17, 15) is 4.79 Å². The Labute approximate surface area is 135 Å². The zero-order valence-electron chi connectivity index (χ0n) is 13.6. The Morgan fingerprint density at radius 1 is 1.39 bits per heavy atom. The minimum Gasteiger partial charge on any atom is -0.488 e. The molecule has 0 unspecified atom stereocenters. The van der Waals surface area contributed by atoms with E-state index in [0.717, 1.165) is 29.2 Å². The first-order valence-corrected chi connectivity index (χ1v) is 7.70. The average Bonchev–Trinajstić information content (AvgIpc) is 3.10. The number of nitrogens with one attached hydrogen (secondary N) is 1. The summed E-state index contributed by atoms with van der Waals surface area (Å²) in [6.45, 7) is 4.68. The highest BCUT2D eigenvalue weighted by molar-refractivity contribution is 5.74. The van der Waals surface area contributed by atoms with Gasteiger partial charge in [0.15, 0.2) is 0 Å². The van der Waals surface area contributed by atoms with E-state index in [2.05, 4.69) is 16.5 Å². The van der Waals surface area contributed by atoms with Gasteiger partial charge in [-0.05, 0) is 25.5 Å². The van der Waals surface area contributed by atoms with Gasteiger partial charge in [-0.3, -0.25) is 0 Å². The van der Waals surface area contributed by atoms with Crippen LogP contribution in [-0.4, -0.2) is 35.8 Å². The maximum atomic E-state index is 12.2. The van der Waals surface area contributed by atoms with Crippen molar-refractivity contribution in [3.8, 4) is 5.75 Å². The molecule has 1 aliphatic rings. The Hall–Kier alpha value is -2.50. The first-order valence-electron chi connectivity index (χ1n) is 7.70. The van der Waals surface area contributed by atoms with Crippen LogP contribution in [0.2, 0.25) is 0 Å². The normalized spacial score (nSPS) is 15.9. The molecular formula is C17H21N3O3. The minimum absolute atomic E-state index is 0.0104. The molecule has 0 aliphatic carbocycles. The van der Waals surface area contributed by atoms with Crippen LogP contribution in [0, 0.1) is 13.8 Å². The van der Waals surface area contributed by atoms with Gasteiger partial charge in [0.05, 0.1) is 18.8 Å². The Bertz CT molecular complexity index is 666. The molecular weight excluding hydrogens is 294 g/mol. The lowest BCUT2D eigenvalue weighted by atomic mass is 10.1. The van der Waals surface area contributed by atoms with Gasteiger partial charge < -0.3 is 19.5 Å². The number of rotatable bonds is 4. The summed E-state index contributed by atoms with van der Waals surface area (Å²) in [6, 6.07) is 7.84. The molecule has 6 heteroatoms. The zero-order chi connectivity index (χ0) is 16.4. The van der Waals surface area contributed by atoms with Crippen molar-refractivity contribution in [2.75, 3.05) is 13.6 Å². The van der Waals surface area contributed by atoms with Gasteiger partial charge in [0, 0.05) is 19.0 Å². The number of amides is 2. The molecule has 1 N–H and O–H groups in total. The number of hydrogen-bond donors (Lipinski definition) is 1. The molecule has 0 saturated heterocycles. The molecule has 2 aromatic rings. The van der Waals surface area contributed by atoms with Crippen molar-refractivity contribution in [2.24, 2.45) is 0 Å². The number of hydrogen-bond acceptors (Lipinski definition) is 4. The molecule has 0 bridgehead atoms. The molecule has 122 valence electrons. The third-order valence-electron chi connectivity index (χ3n) is 4.12. The summed E-state index contributed by atoms with van der Waals surface area (Å²) in [6.07, 6.45) is 0.813. The van der Waals surface area contributed by atoms with Crippen LogP contribution in [0.4, 0.5) is 4.79 Å². The fourth-order valence-corrected chi connectivity index (χ4v) is 2.74. The fourth-order valence-electron chi connectivity index (χ4n) is 2.74. The molecule has 1 atom stereocenters. The van der Waals surface area contributed by atoms with Crippen molar-refractivity contribution in [2.45, 2.75) is 32.9 Å². The zero-order valence-corrected chi connectivity index (χ0v) is 13.6. The second-order valence-corrected chi connectivity index (χ2v) is 5.90. The average molecular weight is 315 g/mol. The molecule has 0 radical (unpaired) electrons. The van der Waals surface area contributed by atoms with Crippen molar-refractivity contribution in [3.63, 3.8) is 0 Å². The number of aryl methyl sites for hydroxylation is 2. The van der Waals surface area contributed by atoms with Crippen molar-refractivity contribution in [1.29, 1.82) is 0 Å². The predicted molar refractivity (Wildman–Crippen MR) is 85.4 cm³/mol. The van der Waals surface area contributed by atoms with Crippen LogP contribution in [0.1, 0.15) is 22.6 Å². The summed E-state index contributed by atoms with van der Waals surface area (Å²) < 4.78 is 10.9. The molecule has 1 aromatic heterocycles. The van der Waals surface area contributed by atoms with Crippen LogP contribution in [0.3, 0.4) is 0 Å². The molecule has 1 aromatic carbocycles. The number of carbonyl (C=O) groups excluding carboxylic acids is 1. The Kier molecular flexibility index (Phi) is 4.23. The lowest BCUT2D eigenvalue weighted by Gasteiger charge is -2.19. The number of nitrogens with zero attached hydrogens (tertiary/aromatic N) is 2. The number of aromatic nitrogens is 1. The van der Waals surface area contributed by atoms with E-state index in [1.54, 1.807) is 11.9 Å². The van der Waals surface area contributed by atoms with Crippen molar-refractivity contribution in [1.82, 2.24) is 15.4 Å². The topological polar surface area (TPSA) is 67.6 Å². The Morgan fingerprint density at radius 3 is 2.87 bits per heavy atom. The molecule has 0 spiro atoms. The molecule has 6 nitrogen and oxygen atoms in total. The second kappa shape index (κ2) is 6.32. The van der Waals surface area contributed by atoms with Gasteiger partial charge in [0.2, 0.25) is 0 Å². The molecule has 2 heterocycles. The highest BCUT2D eigenvalue weighted by Gasteiger charge is 2.23. The van der Waals surface area contributed by atoms with E-state index in [4.69, 9.17) is 9.26 Å². The summed E-state index contributed by atoms with van der Waals surface area (Å²) in [7, 11) is 1.76.